The van der Waals surface area contributed by atoms with Gasteiger partial charge >= 0.3 is 0 Å². The van der Waals surface area contributed by atoms with E-state index in [1.807, 2.05) is 67.7 Å². The third-order valence-electron chi connectivity index (χ3n) is 5.11. The van der Waals surface area contributed by atoms with E-state index in [2.05, 4.69) is 15.7 Å². The molecule has 7 heteroatoms. The highest BCUT2D eigenvalue weighted by atomic mass is 35.5. The molecule has 0 saturated heterocycles. The van der Waals surface area contributed by atoms with Crippen LogP contribution >= 0.6 is 11.6 Å². The van der Waals surface area contributed by atoms with E-state index in [1.54, 1.807) is 18.0 Å². The van der Waals surface area contributed by atoms with E-state index < -0.39 is 6.04 Å². The molecule has 30 heavy (non-hydrogen) atoms. The molecule has 1 amide bonds. The van der Waals surface area contributed by atoms with Gasteiger partial charge in [0.25, 0.3) is 0 Å². The number of halogens is 1. The number of amides is 1. The number of aromatic nitrogens is 2. The molecule has 0 spiro atoms. The van der Waals surface area contributed by atoms with Crippen molar-refractivity contribution >= 4 is 23.2 Å². The first kappa shape index (κ1) is 20.0. The first-order chi connectivity index (χ1) is 14.5. The summed E-state index contributed by atoms with van der Waals surface area (Å²) < 4.78 is 7.04. The summed E-state index contributed by atoms with van der Waals surface area (Å²) in [6.07, 6.45) is 8.28. The van der Waals surface area contributed by atoms with Gasteiger partial charge in [-0.25, -0.2) is 4.68 Å². The summed E-state index contributed by atoms with van der Waals surface area (Å²) in [4.78, 5) is 12.9. The maximum absolute atomic E-state index is 12.9. The Hall–Kier alpha value is -3.25. The lowest BCUT2D eigenvalue weighted by Crippen LogP contribution is -2.39. The average molecular weight is 423 g/mol. The van der Waals surface area contributed by atoms with Gasteiger partial charge < -0.3 is 15.4 Å². The van der Waals surface area contributed by atoms with Gasteiger partial charge in [0.15, 0.2) is 0 Å². The van der Waals surface area contributed by atoms with Gasteiger partial charge in [0.1, 0.15) is 11.8 Å². The minimum atomic E-state index is -0.455. The number of fused-ring (bicyclic) bond motifs is 1. The Labute approximate surface area is 180 Å². The van der Waals surface area contributed by atoms with E-state index in [9.17, 15) is 4.79 Å². The molecular weight excluding hydrogens is 400 g/mol. The number of hydrogen-bond donors (Lipinski definition) is 2. The van der Waals surface area contributed by atoms with E-state index in [-0.39, 0.29) is 11.9 Å². The fraction of sp³-hybridized carbons (Fsp3) is 0.217. The van der Waals surface area contributed by atoms with Crippen LogP contribution in [0, 0.1) is 0 Å². The number of anilines is 1. The van der Waals surface area contributed by atoms with Crippen molar-refractivity contribution < 1.29 is 9.53 Å². The smallest absolute Gasteiger partial charge is 0.246 e. The molecule has 1 aliphatic heterocycles. The summed E-state index contributed by atoms with van der Waals surface area (Å²) in [5.41, 5.74) is 3.79. The monoisotopic (exact) mass is 422 g/mol. The second kappa shape index (κ2) is 8.63. The van der Waals surface area contributed by atoms with Gasteiger partial charge in [-0.2, -0.15) is 5.10 Å². The molecular formula is C23H23ClN4O2. The number of carbonyl (C=O) groups is 1. The maximum atomic E-state index is 12.9. The van der Waals surface area contributed by atoms with Crippen LogP contribution < -0.4 is 15.4 Å². The van der Waals surface area contributed by atoms with Crippen molar-refractivity contribution in [2.45, 2.75) is 25.4 Å². The molecule has 3 aromatic rings. The van der Waals surface area contributed by atoms with Crippen LogP contribution in [0.15, 0.2) is 67.0 Å². The SMILES string of the molecule is COc1cccc(-n2cc(C(C)NC(=O)C3C=CCc4cc(Cl)ccc4N3)cn2)c1. The van der Waals surface area contributed by atoms with E-state index >= 15 is 0 Å². The Kier molecular flexibility index (Phi) is 5.77. The van der Waals surface area contributed by atoms with Crippen LogP contribution in [0.5, 0.6) is 5.75 Å². The molecule has 0 saturated carbocycles. The van der Waals surface area contributed by atoms with E-state index in [0.29, 0.717) is 5.02 Å². The summed E-state index contributed by atoms with van der Waals surface area (Å²) in [5, 5.41) is 11.5. The third-order valence-corrected chi connectivity index (χ3v) is 5.34. The van der Waals surface area contributed by atoms with Crippen molar-refractivity contribution in [1.82, 2.24) is 15.1 Å². The van der Waals surface area contributed by atoms with Crippen molar-refractivity contribution in [2.24, 2.45) is 0 Å². The van der Waals surface area contributed by atoms with Crippen LogP contribution in [0.2, 0.25) is 5.02 Å². The van der Waals surface area contributed by atoms with Crippen molar-refractivity contribution in [3.8, 4) is 11.4 Å². The number of rotatable bonds is 5. The van der Waals surface area contributed by atoms with Crippen molar-refractivity contribution in [3.05, 3.63) is 83.2 Å². The molecule has 2 heterocycles. The topological polar surface area (TPSA) is 68.2 Å². The van der Waals surface area contributed by atoms with Crippen LogP contribution in [0.3, 0.4) is 0 Å². The lowest BCUT2D eigenvalue weighted by atomic mass is 10.1. The average Bonchev–Trinajstić information content (AvgIpc) is 3.15. The molecule has 0 radical (unpaired) electrons. The second-order valence-corrected chi connectivity index (χ2v) is 7.64. The largest absolute Gasteiger partial charge is 0.497 e. The minimum Gasteiger partial charge on any atom is -0.497 e. The lowest BCUT2D eigenvalue weighted by Gasteiger charge is -2.19. The second-order valence-electron chi connectivity index (χ2n) is 7.21. The van der Waals surface area contributed by atoms with Crippen LogP contribution in [0.1, 0.15) is 24.1 Å². The van der Waals surface area contributed by atoms with Crippen LogP contribution in [0.25, 0.3) is 5.69 Å². The number of hydrogen-bond acceptors (Lipinski definition) is 4. The van der Waals surface area contributed by atoms with Gasteiger partial charge in [-0.15, -0.1) is 0 Å². The summed E-state index contributed by atoms with van der Waals surface area (Å²) in [6.45, 7) is 1.94. The minimum absolute atomic E-state index is 0.101. The molecule has 0 bridgehead atoms. The van der Waals surface area contributed by atoms with Crippen molar-refractivity contribution in [3.63, 3.8) is 0 Å². The van der Waals surface area contributed by atoms with Gasteiger partial charge in [-0.05, 0) is 49.2 Å². The Balaban J connectivity index is 1.45. The highest BCUT2D eigenvalue weighted by Crippen LogP contribution is 2.25. The van der Waals surface area contributed by atoms with Crippen LogP contribution in [-0.2, 0) is 11.2 Å². The Morgan fingerprint density at radius 1 is 1.33 bits per heavy atom. The number of nitrogens with zero attached hydrogens (tertiary/aromatic N) is 2. The molecule has 4 rings (SSSR count). The molecule has 1 aliphatic rings. The van der Waals surface area contributed by atoms with Gasteiger partial charge in [0, 0.05) is 28.5 Å². The number of nitrogens with one attached hydrogen (secondary N) is 2. The number of ether oxygens (including phenoxy) is 1. The predicted molar refractivity (Wildman–Crippen MR) is 118 cm³/mol. The zero-order valence-electron chi connectivity index (χ0n) is 16.8. The van der Waals surface area contributed by atoms with Crippen LogP contribution in [0.4, 0.5) is 5.69 Å². The fourth-order valence-corrected chi connectivity index (χ4v) is 3.61. The van der Waals surface area contributed by atoms with E-state index in [4.69, 9.17) is 16.3 Å². The summed E-state index contributed by atoms with van der Waals surface area (Å²) >= 11 is 6.08. The highest BCUT2D eigenvalue weighted by molar-refractivity contribution is 6.30. The van der Waals surface area contributed by atoms with Crippen molar-refractivity contribution in [2.75, 3.05) is 12.4 Å². The number of allylic oxidation sites excluding steroid dienone is 1. The molecule has 2 unspecified atom stereocenters. The number of carbonyl (C=O) groups excluding carboxylic acids is 1. The summed E-state index contributed by atoms with van der Waals surface area (Å²) in [5.74, 6) is 0.661. The molecule has 6 nitrogen and oxygen atoms in total. The lowest BCUT2D eigenvalue weighted by molar-refractivity contribution is -0.121. The third kappa shape index (κ3) is 4.33. The maximum Gasteiger partial charge on any atom is 0.246 e. The molecule has 2 N–H and O–H groups in total. The van der Waals surface area contributed by atoms with E-state index in [0.717, 1.165) is 34.7 Å². The van der Waals surface area contributed by atoms with Gasteiger partial charge in [0.2, 0.25) is 5.91 Å². The quantitative estimate of drug-likeness (QED) is 0.601. The fourth-order valence-electron chi connectivity index (χ4n) is 3.41. The molecule has 154 valence electrons. The van der Waals surface area contributed by atoms with Gasteiger partial charge in [-0.3, -0.25) is 4.79 Å². The molecule has 0 aliphatic carbocycles. The van der Waals surface area contributed by atoms with E-state index in [1.165, 1.54) is 0 Å². The van der Waals surface area contributed by atoms with Gasteiger partial charge in [0.05, 0.1) is 25.0 Å². The first-order valence-electron chi connectivity index (χ1n) is 9.74. The van der Waals surface area contributed by atoms with Gasteiger partial charge in [-0.1, -0.05) is 29.8 Å². The number of methoxy groups -OCH3 is 1. The Morgan fingerprint density at radius 2 is 2.20 bits per heavy atom. The molecule has 0 fully saturated rings. The zero-order valence-corrected chi connectivity index (χ0v) is 17.6. The first-order valence-corrected chi connectivity index (χ1v) is 10.1. The summed E-state index contributed by atoms with van der Waals surface area (Å²) in [6, 6.07) is 12.7. The Bertz CT molecular complexity index is 1090. The Morgan fingerprint density at radius 3 is 3.03 bits per heavy atom. The zero-order chi connectivity index (χ0) is 21.1. The predicted octanol–water partition coefficient (Wildman–Crippen LogP) is 4.30. The molecule has 2 atom stereocenters. The number of benzene rings is 2. The summed E-state index contributed by atoms with van der Waals surface area (Å²) in [7, 11) is 1.63. The standard InChI is InChI=1S/C23H23ClN4O2/c1-15(17-13-25-28(14-17)19-6-4-7-20(12-19)30-2)26-23(29)22-8-3-5-16-11-18(24)9-10-21(16)27-22/h3-4,6-15,22,27H,5H2,1-2H3,(H,26,29). The highest BCUT2D eigenvalue weighted by Gasteiger charge is 2.21. The molecule has 1 aromatic heterocycles. The molecule has 2 aromatic carbocycles. The normalized spacial score (nSPS) is 16.2. The van der Waals surface area contributed by atoms with Crippen molar-refractivity contribution in [1.29, 1.82) is 0 Å². The van der Waals surface area contributed by atoms with Crippen LogP contribution in [-0.4, -0.2) is 28.8 Å².